The molecule has 18 heavy (non-hydrogen) atoms. The molecule has 3 rings (SSSR count). The number of Topliss-reactive ketones (excluding diaryl/α,β-unsaturated/α-hetero) is 1. The van der Waals surface area contributed by atoms with Crippen molar-refractivity contribution in [3.8, 4) is 0 Å². The lowest BCUT2D eigenvalue weighted by atomic mass is 9.90. The van der Waals surface area contributed by atoms with Crippen LogP contribution in [0, 0.1) is 5.92 Å². The van der Waals surface area contributed by atoms with Crippen LogP contribution in [0.3, 0.4) is 0 Å². The van der Waals surface area contributed by atoms with Crippen molar-refractivity contribution in [2.45, 2.75) is 18.6 Å². The molecule has 3 heteroatoms. The number of rotatable bonds is 2. The molecule has 0 aromatic heterocycles. The van der Waals surface area contributed by atoms with E-state index in [1.807, 2.05) is 48.6 Å². The van der Waals surface area contributed by atoms with E-state index in [1.54, 1.807) is 0 Å². The minimum atomic E-state index is -0.552. The predicted molar refractivity (Wildman–Crippen MR) is 68.6 cm³/mol. The highest BCUT2D eigenvalue weighted by Crippen LogP contribution is 2.36. The van der Waals surface area contributed by atoms with Crippen molar-refractivity contribution < 1.29 is 9.53 Å². The van der Waals surface area contributed by atoms with Gasteiger partial charge in [-0.2, -0.15) is 0 Å². The molecule has 92 valence electrons. The molecular weight excluding hydrogens is 226 g/mol. The summed E-state index contributed by atoms with van der Waals surface area (Å²) >= 11 is 0. The van der Waals surface area contributed by atoms with Gasteiger partial charge in [0.05, 0.1) is 12.0 Å². The standard InChI is InChI=1S/C15H15NO2/c16-13(10-6-2-1-3-7-10)15-14(17)11-8-4-5-9-12(11)18-15/h1-7,9,11,13,15H,8,16H2. The number of carbonyl (C=O) groups excluding carboxylic acids is 1. The summed E-state index contributed by atoms with van der Waals surface area (Å²) in [6.07, 6.45) is 5.96. The lowest BCUT2D eigenvalue weighted by Gasteiger charge is -2.18. The number of fused-ring (bicyclic) bond motifs is 1. The van der Waals surface area contributed by atoms with Crippen LogP contribution in [-0.4, -0.2) is 11.9 Å². The molecule has 3 atom stereocenters. The van der Waals surface area contributed by atoms with E-state index < -0.39 is 12.1 Å². The summed E-state index contributed by atoms with van der Waals surface area (Å²) in [6.45, 7) is 0. The van der Waals surface area contributed by atoms with Gasteiger partial charge in [0.2, 0.25) is 0 Å². The first-order chi connectivity index (χ1) is 8.77. The van der Waals surface area contributed by atoms with Crippen molar-refractivity contribution in [2.75, 3.05) is 0 Å². The molecule has 1 saturated heterocycles. The Bertz CT molecular complexity index is 519. The number of ketones is 1. The fourth-order valence-corrected chi connectivity index (χ4v) is 2.49. The summed E-state index contributed by atoms with van der Waals surface area (Å²) in [6, 6.07) is 9.22. The number of allylic oxidation sites excluding steroid dienone is 4. The van der Waals surface area contributed by atoms with Crippen LogP contribution >= 0.6 is 0 Å². The van der Waals surface area contributed by atoms with E-state index in [2.05, 4.69) is 0 Å². The molecule has 0 radical (unpaired) electrons. The number of benzene rings is 1. The molecule has 1 fully saturated rings. The number of ether oxygens (including phenoxy) is 1. The van der Waals surface area contributed by atoms with Gasteiger partial charge in [-0.25, -0.2) is 0 Å². The fraction of sp³-hybridized carbons (Fsp3) is 0.267. The van der Waals surface area contributed by atoms with Crippen LogP contribution in [0.15, 0.2) is 54.3 Å². The summed E-state index contributed by atoms with van der Waals surface area (Å²) in [5, 5.41) is 0. The second-order valence-corrected chi connectivity index (χ2v) is 4.66. The lowest BCUT2D eigenvalue weighted by Crippen LogP contribution is -2.32. The third kappa shape index (κ3) is 1.77. The van der Waals surface area contributed by atoms with E-state index >= 15 is 0 Å². The van der Waals surface area contributed by atoms with Crippen LogP contribution in [0.4, 0.5) is 0 Å². The van der Waals surface area contributed by atoms with E-state index in [4.69, 9.17) is 10.5 Å². The van der Waals surface area contributed by atoms with Gasteiger partial charge in [0.25, 0.3) is 0 Å². The summed E-state index contributed by atoms with van der Waals surface area (Å²) in [5.41, 5.74) is 7.08. The highest BCUT2D eigenvalue weighted by atomic mass is 16.5. The average molecular weight is 241 g/mol. The molecule has 2 aliphatic rings. The Morgan fingerprint density at radius 2 is 2.06 bits per heavy atom. The van der Waals surface area contributed by atoms with Crippen molar-refractivity contribution in [2.24, 2.45) is 11.7 Å². The average Bonchev–Trinajstić information content (AvgIpc) is 2.77. The van der Waals surface area contributed by atoms with Crippen molar-refractivity contribution in [3.63, 3.8) is 0 Å². The van der Waals surface area contributed by atoms with E-state index in [0.717, 1.165) is 17.7 Å². The number of hydrogen-bond acceptors (Lipinski definition) is 3. The molecule has 0 spiro atoms. The minimum Gasteiger partial charge on any atom is -0.484 e. The zero-order valence-corrected chi connectivity index (χ0v) is 9.95. The van der Waals surface area contributed by atoms with Gasteiger partial charge in [-0.1, -0.05) is 42.5 Å². The summed E-state index contributed by atoms with van der Waals surface area (Å²) in [4.78, 5) is 12.3. The summed E-state index contributed by atoms with van der Waals surface area (Å²) < 4.78 is 5.73. The third-order valence-corrected chi connectivity index (χ3v) is 3.51. The van der Waals surface area contributed by atoms with Crippen LogP contribution in [0.5, 0.6) is 0 Å². The van der Waals surface area contributed by atoms with Crippen molar-refractivity contribution in [1.29, 1.82) is 0 Å². The van der Waals surface area contributed by atoms with Gasteiger partial charge < -0.3 is 10.5 Å². The Hall–Kier alpha value is -1.87. The molecule has 1 aromatic rings. The van der Waals surface area contributed by atoms with E-state index in [-0.39, 0.29) is 11.7 Å². The van der Waals surface area contributed by atoms with E-state index in [1.165, 1.54) is 0 Å². The van der Waals surface area contributed by atoms with Crippen molar-refractivity contribution >= 4 is 5.78 Å². The molecule has 1 aliphatic carbocycles. The maximum absolute atomic E-state index is 12.3. The van der Waals surface area contributed by atoms with Crippen LogP contribution in [0.25, 0.3) is 0 Å². The number of nitrogens with two attached hydrogens (primary N) is 1. The van der Waals surface area contributed by atoms with Gasteiger partial charge in [-0.05, 0) is 18.1 Å². The summed E-state index contributed by atoms with van der Waals surface area (Å²) in [5.74, 6) is 0.732. The quantitative estimate of drug-likeness (QED) is 0.862. The molecule has 1 heterocycles. The third-order valence-electron chi connectivity index (χ3n) is 3.51. The first-order valence-electron chi connectivity index (χ1n) is 6.15. The van der Waals surface area contributed by atoms with Crippen LogP contribution in [-0.2, 0) is 9.53 Å². The molecular formula is C15H15NO2. The van der Waals surface area contributed by atoms with Crippen molar-refractivity contribution in [3.05, 3.63) is 59.9 Å². The largest absolute Gasteiger partial charge is 0.484 e. The zero-order chi connectivity index (χ0) is 12.5. The van der Waals surface area contributed by atoms with E-state index in [9.17, 15) is 4.79 Å². The van der Waals surface area contributed by atoms with Crippen LogP contribution < -0.4 is 5.73 Å². The highest BCUT2D eigenvalue weighted by Gasteiger charge is 2.43. The van der Waals surface area contributed by atoms with Gasteiger partial charge >= 0.3 is 0 Å². The van der Waals surface area contributed by atoms with Crippen LogP contribution in [0.2, 0.25) is 0 Å². The van der Waals surface area contributed by atoms with Gasteiger partial charge in [-0.15, -0.1) is 0 Å². The Morgan fingerprint density at radius 3 is 2.78 bits per heavy atom. The first kappa shape index (κ1) is 11.2. The monoisotopic (exact) mass is 241 g/mol. The molecule has 0 bridgehead atoms. The minimum absolute atomic E-state index is 0.0990. The maximum atomic E-state index is 12.3. The first-order valence-corrected chi connectivity index (χ1v) is 6.15. The lowest BCUT2D eigenvalue weighted by molar-refractivity contribution is -0.125. The smallest absolute Gasteiger partial charge is 0.186 e. The van der Waals surface area contributed by atoms with Crippen molar-refractivity contribution in [1.82, 2.24) is 0 Å². The maximum Gasteiger partial charge on any atom is 0.186 e. The Kier molecular flexibility index (Phi) is 2.76. The van der Waals surface area contributed by atoms with Crippen LogP contribution in [0.1, 0.15) is 18.0 Å². The molecule has 2 N–H and O–H groups in total. The number of hydrogen-bond donors (Lipinski definition) is 1. The second kappa shape index (κ2) is 4.42. The Labute approximate surface area is 106 Å². The normalized spacial score (nSPS) is 27.4. The van der Waals surface area contributed by atoms with E-state index in [0.29, 0.717) is 0 Å². The highest BCUT2D eigenvalue weighted by molar-refractivity contribution is 5.91. The topological polar surface area (TPSA) is 52.3 Å². The predicted octanol–water partition coefficient (Wildman–Crippen LogP) is 2.11. The Morgan fingerprint density at radius 1 is 1.28 bits per heavy atom. The zero-order valence-electron chi connectivity index (χ0n) is 9.95. The van der Waals surface area contributed by atoms with Gasteiger partial charge in [0.15, 0.2) is 11.9 Å². The molecule has 3 unspecified atom stereocenters. The van der Waals surface area contributed by atoms with Gasteiger partial charge in [0.1, 0.15) is 5.76 Å². The SMILES string of the molecule is NC(c1ccccc1)C1OC2=CC=CCC2C1=O. The summed E-state index contributed by atoms with van der Waals surface area (Å²) in [7, 11) is 0. The Balaban J connectivity index is 1.85. The second-order valence-electron chi connectivity index (χ2n) is 4.66. The number of carbonyl (C=O) groups is 1. The molecule has 0 amide bonds. The molecule has 1 aliphatic heterocycles. The molecule has 3 nitrogen and oxygen atoms in total. The van der Waals surface area contributed by atoms with Gasteiger partial charge in [0, 0.05) is 0 Å². The van der Waals surface area contributed by atoms with Gasteiger partial charge in [-0.3, -0.25) is 4.79 Å². The fourth-order valence-electron chi connectivity index (χ4n) is 2.49. The molecule has 1 aromatic carbocycles. The molecule has 0 saturated carbocycles.